The van der Waals surface area contributed by atoms with Gasteiger partial charge in [0.1, 0.15) is 17.8 Å². The number of amides is 1. The van der Waals surface area contributed by atoms with Crippen LogP contribution in [0.15, 0.2) is 78.0 Å². The normalized spacial score (nSPS) is 18.9. The Morgan fingerprint density at radius 1 is 1.07 bits per heavy atom. The van der Waals surface area contributed by atoms with Gasteiger partial charge in [-0.3, -0.25) is 4.79 Å². The maximum atomic E-state index is 13.2. The molecule has 2 heterocycles. The highest BCUT2D eigenvalue weighted by molar-refractivity contribution is 8.14. The van der Waals surface area contributed by atoms with E-state index in [1.165, 1.54) is 23.3 Å². The number of hydrogen-bond acceptors (Lipinski definition) is 6. The molecule has 2 fully saturated rings. The van der Waals surface area contributed by atoms with E-state index in [1.54, 1.807) is 42.0 Å². The van der Waals surface area contributed by atoms with Crippen molar-refractivity contribution in [3.63, 3.8) is 0 Å². The molecule has 1 amide bonds. The molecular weight excluding hydrogens is 596 g/mol. The highest BCUT2D eigenvalue weighted by Gasteiger charge is 2.39. The van der Waals surface area contributed by atoms with E-state index in [-0.39, 0.29) is 17.6 Å². The fraction of sp³-hybridized carbons (Fsp3) is 0.353. The molecule has 0 radical (unpaired) electrons. The molecular formula is C34H35F2N5O3S. The number of hydrogen-bond donors (Lipinski definition) is 0. The summed E-state index contributed by atoms with van der Waals surface area (Å²) in [5.74, 6) is 3.22. The third kappa shape index (κ3) is 7.19. The molecule has 234 valence electrons. The molecule has 1 saturated heterocycles. The Morgan fingerprint density at radius 2 is 1.82 bits per heavy atom. The number of alkyl halides is 2. The molecule has 1 aliphatic carbocycles. The van der Waals surface area contributed by atoms with Crippen LogP contribution >= 0.6 is 11.8 Å². The van der Waals surface area contributed by atoms with E-state index in [2.05, 4.69) is 56.8 Å². The van der Waals surface area contributed by atoms with E-state index >= 15 is 0 Å². The summed E-state index contributed by atoms with van der Waals surface area (Å²) in [4.78, 5) is 24.4. The monoisotopic (exact) mass is 631 g/mol. The number of amidine groups is 1. The number of anilines is 1. The smallest absolute Gasteiger partial charge is 0.387 e. The van der Waals surface area contributed by atoms with Gasteiger partial charge in [-0.1, -0.05) is 55.9 Å². The minimum atomic E-state index is -2.87. The maximum Gasteiger partial charge on any atom is 0.387 e. The zero-order valence-electron chi connectivity index (χ0n) is 25.4. The summed E-state index contributed by atoms with van der Waals surface area (Å²) in [5.41, 5.74) is 5.00. The van der Waals surface area contributed by atoms with Crippen LogP contribution in [0.1, 0.15) is 56.1 Å². The zero-order valence-corrected chi connectivity index (χ0v) is 26.2. The standard InChI is InChI=1S/C34H35F2N5O3S/c1-21(2)28-14-13-27(43-3)19-30(28)40-15-4-16-45-34(40)38-31(42)18-24-17-29(24)22-5-7-23(8-6-22)32-37-20-41(39-32)25-9-11-26(12-10-25)44-33(35)36/h5-14,19-21,24,29,33H,4,15-18H2,1-3H3. The van der Waals surface area contributed by atoms with Gasteiger partial charge in [0.2, 0.25) is 5.91 Å². The minimum Gasteiger partial charge on any atom is -0.497 e. The van der Waals surface area contributed by atoms with Crippen molar-refractivity contribution in [2.45, 2.75) is 51.6 Å². The van der Waals surface area contributed by atoms with E-state index in [0.29, 0.717) is 29.8 Å². The summed E-state index contributed by atoms with van der Waals surface area (Å²) in [7, 11) is 1.67. The first kappa shape index (κ1) is 30.8. The largest absolute Gasteiger partial charge is 0.497 e. The second-order valence-corrected chi connectivity index (χ2v) is 12.6. The topological polar surface area (TPSA) is 81.8 Å². The van der Waals surface area contributed by atoms with Crippen LogP contribution in [0, 0.1) is 5.92 Å². The van der Waals surface area contributed by atoms with Crippen molar-refractivity contribution >= 4 is 28.5 Å². The number of carbonyl (C=O) groups is 1. The lowest BCUT2D eigenvalue weighted by atomic mass is 10.00. The molecule has 0 spiro atoms. The number of thioether (sulfide) groups is 1. The van der Waals surface area contributed by atoms with Crippen LogP contribution in [0.25, 0.3) is 17.1 Å². The van der Waals surface area contributed by atoms with Crippen LogP contribution in [0.2, 0.25) is 0 Å². The molecule has 2 aliphatic rings. The van der Waals surface area contributed by atoms with Crippen LogP contribution in [0.3, 0.4) is 0 Å². The number of halogens is 2. The molecule has 1 saturated carbocycles. The van der Waals surface area contributed by atoms with Crippen LogP contribution in [-0.4, -0.2) is 51.9 Å². The molecule has 1 aliphatic heterocycles. The van der Waals surface area contributed by atoms with Gasteiger partial charge >= 0.3 is 6.61 Å². The number of ether oxygens (including phenoxy) is 2. The van der Waals surface area contributed by atoms with Gasteiger partial charge in [0, 0.05) is 36.0 Å². The Balaban J connectivity index is 1.08. The number of aliphatic imine (C=N–C) groups is 1. The van der Waals surface area contributed by atoms with Crippen LogP contribution in [0.4, 0.5) is 14.5 Å². The number of methoxy groups -OCH3 is 1. The minimum absolute atomic E-state index is 0.0777. The van der Waals surface area contributed by atoms with Crippen molar-refractivity contribution in [2.24, 2.45) is 10.9 Å². The van der Waals surface area contributed by atoms with Gasteiger partial charge in [0.25, 0.3) is 0 Å². The number of benzene rings is 3. The molecule has 6 rings (SSSR count). The van der Waals surface area contributed by atoms with E-state index < -0.39 is 6.61 Å². The van der Waals surface area contributed by atoms with Gasteiger partial charge < -0.3 is 14.4 Å². The Hall–Kier alpha value is -4.25. The molecule has 4 aromatic rings. The van der Waals surface area contributed by atoms with E-state index in [9.17, 15) is 13.6 Å². The average Bonchev–Trinajstić information content (AvgIpc) is 3.62. The predicted molar refractivity (Wildman–Crippen MR) is 173 cm³/mol. The summed E-state index contributed by atoms with van der Waals surface area (Å²) in [6.07, 6.45) is 3.99. The SMILES string of the molecule is COc1ccc(C(C)C)c(N2CCCSC2=NC(=O)CC2CC2c2ccc(-c3ncn(-c4ccc(OC(F)F)cc4)n3)cc2)c1. The summed E-state index contributed by atoms with van der Waals surface area (Å²) in [6.45, 7) is 2.30. The zero-order chi connectivity index (χ0) is 31.5. The fourth-order valence-corrected chi connectivity index (χ4v) is 6.65. The van der Waals surface area contributed by atoms with Crippen molar-refractivity contribution in [3.8, 4) is 28.6 Å². The first-order valence-corrected chi connectivity index (χ1v) is 16.0. The van der Waals surface area contributed by atoms with Gasteiger partial charge in [0.15, 0.2) is 11.0 Å². The van der Waals surface area contributed by atoms with E-state index in [4.69, 9.17) is 4.74 Å². The summed E-state index contributed by atoms with van der Waals surface area (Å²) < 4.78 is 36.3. The van der Waals surface area contributed by atoms with Gasteiger partial charge in [0.05, 0.1) is 12.8 Å². The molecule has 2 unspecified atom stereocenters. The van der Waals surface area contributed by atoms with Crippen molar-refractivity contribution in [1.29, 1.82) is 0 Å². The van der Waals surface area contributed by atoms with Crippen molar-refractivity contribution < 1.29 is 23.0 Å². The highest BCUT2D eigenvalue weighted by atomic mass is 32.2. The third-order valence-electron chi connectivity index (χ3n) is 8.13. The molecule has 11 heteroatoms. The lowest BCUT2D eigenvalue weighted by Crippen LogP contribution is -2.35. The Bertz CT molecular complexity index is 1670. The summed E-state index contributed by atoms with van der Waals surface area (Å²) in [6, 6.07) is 20.5. The van der Waals surface area contributed by atoms with Gasteiger partial charge in [-0.2, -0.15) is 13.8 Å². The quantitative estimate of drug-likeness (QED) is 0.178. The average molecular weight is 632 g/mol. The molecule has 8 nitrogen and oxygen atoms in total. The van der Waals surface area contributed by atoms with Crippen LogP contribution < -0.4 is 14.4 Å². The number of nitrogens with zero attached hydrogens (tertiary/aromatic N) is 5. The van der Waals surface area contributed by atoms with Crippen LogP contribution in [-0.2, 0) is 4.79 Å². The number of aromatic nitrogens is 3. The molecule has 1 aromatic heterocycles. The number of rotatable bonds is 10. The van der Waals surface area contributed by atoms with Crippen molar-refractivity contribution in [2.75, 3.05) is 24.3 Å². The Labute approximate surface area is 265 Å². The Kier molecular flexibility index (Phi) is 9.16. The molecule has 2 atom stereocenters. The summed E-state index contributed by atoms with van der Waals surface area (Å²) in [5, 5.41) is 5.31. The van der Waals surface area contributed by atoms with E-state index in [0.717, 1.165) is 47.3 Å². The van der Waals surface area contributed by atoms with Gasteiger partial charge in [-0.25, -0.2) is 9.67 Å². The third-order valence-corrected chi connectivity index (χ3v) is 9.20. The van der Waals surface area contributed by atoms with Gasteiger partial charge in [-0.15, -0.1) is 5.10 Å². The second kappa shape index (κ2) is 13.4. The molecule has 0 N–H and O–H groups in total. The van der Waals surface area contributed by atoms with Crippen molar-refractivity contribution in [1.82, 2.24) is 14.8 Å². The molecule has 45 heavy (non-hydrogen) atoms. The maximum absolute atomic E-state index is 13.2. The first-order chi connectivity index (χ1) is 21.8. The lowest BCUT2D eigenvalue weighted by molar-refractivity contribution is -0.118. The fourth-order valence-electron chi connectivity index (χ4n) is 5.69. The second-order valence-electron chi connectivity index (χ2n) is 11.5. The van der Waals surface area contributed by atoms with Crippen LogP contribution in [0.5, 0.6) is 11.5 Å². The highest BCUT2D eigenvalue weighted by Crippen LogP contribution is 2.50. The summed E-state index contributed by atoms with van der Waals surface area (Å²) >= 11 is 1.64. The molecule has 0 bridgehead atoms. The van der Waals surface area contributed by atoms with Gasteiger partial charge in [-0.05, 0) is 72.1 Å². The van der Waals surface area contributed by atoms with E-state index in [1.807, 2.05) is 24.3 Å². The number of carbonyl (C=O) groups excluding carboxylic acids is 1. The molecule has 3 aromatic carbocycles. The van der Waals surface area contributed by atoms with Crippen molar-refractivity contribution in [3.05, 3.63) is 84.2 Å². The lowest BCUT2D eigenvalue weighted by Gasteiger charge is -2.32. The Morgan fingerprint density at radius 3 is 2.53 bits per heavy atom. The predicted octanol–water partition coefficient (Wildman–Crippen LogP) is 7.69. The first-order valence-electron chi connectivity index (χ1n) is 15.1.